The van der Waals surface area contributed by atoms with Gasteiger partial charge in [-0.3, -0.25) is 0 Å². The number of aliphatic hydroxyl groups excluding tert-OH is 1. The van der Waals surface area contributed by atoms with E-state index in [1.165, 1.54) is 25.7 Å². The first-order valence-electron chi connectivity index (χ1n) is 9.69. The van der Waals surface area contributed by atoms with Crippen molar-refractivity contribution >= 4 is 17.4 Å². The Morgan fingerprint density at radius 2 is 1.88 bits per heavy atom. The highest BCUT2D eigenvalue weighted by molar-refractivity contribution is 5.93. The molecule has 2 N–H and O–H groups in total. The molecule has 1 aliphatic heterocycles. The van der Waals surface area contributed by atoms with E-state index in [4.69, 9.17) is 0 Å². The number of carbonyl (C=O) groups excluding carboxylic acids is 1. The normalized spacial score (nSPS) is 24.0. The number of carbonyl (C=O) groups is 1. The van der Waals surface area contributed by atoms with E-state index in [9.17, 15) is 9.90 Å². The number of nitrogens with one attached hydrogen (secondary N) is 1. The van der Waals surface area contributed by atoms with Gasteiger partial charge in [-0.05, 0) is 37.8 Å². The maximum absolute atomic E-state index is 12.6. The third-order valence-electron chi connectivity index (χ3n) is 5.57. The Kier molecular flexibility index (Phi) is 6.19. The van der Waals surface area contributed by atoms with Crippen LogP contribution in [0.15, 0.2) is 24.3 Å². The molecule has 1 aliphatic carbocycles. The lowest BCUT2D eigenvalue weighted by molar-refractivity contribution is 0.116. The summed E-state index contributed by atoms with van der Waals surface area (Å²) in [5, 5.41) is 13.1. The number of benzene rings is 1. The predicted octanol–water partition coefficient (Wildman–Crippen LogP) is 3.69. The average molecular weight is 345 g/mol. The van der Waals surface area contributed by atoms with Crippen molar-refractivity contribution in [2.45, 2.75) is 51.0 Å². The fourth-order valence-corrected chi connectivity index (χ4v) is 4.04. The van der Waals surface area contributed by atoms with Crippen molar-refractivity contribution in [3.05, 3.63) is 24.3 Å². The lowest BCUT2D eigenvalue weighted by Gasteiger charge is -2.27. The summed E-state index contributed by atoms with van der Waals surface area (Å²) in [5.74, 6) is 0.205. The van der Waals surface area contributed by atoms with Crippen molar-refractivity contribution in [2.24, 2.45) is 5.92 Å². The number of amides is 2. The molecule has 2 atom stereocenters. The molecule has 0 bridgehead atoms. The van der Waals surface area contributed by atoms with E-state index in [1.54, 1.807) is 4.90 Å². The lowest BCUT2D eigenvalue weighted by Crippen LogP contribution is -2.37. The molecule has 1 saturated carbocycles. The monoisotopic (exact) mass is 345 g/mol. The molecule has 1 saturated heterocycles. The molecule has 0 spiro atoms. The Hall–Kier alpha value is -1.75. The van der Waals surface area contributed by atoms with Crippen LogP contribution >= 0.6 is 0 Å². The third kappa shape index (κ3) is 4.66. The molecule has 1 heterocycles. The molecular formula is C20H31N3O2. The van der Waals surface area contributed by atoms with E-state index in [0.717, 1.165) is 43.7 Å². The number of rotatable bonds is 4. The van der Waals surface area contributed by atoms with Gasteiger partial charge in [0.15, 0.2) is 0 Å². The van der Waals surface area contributed by atoms with Crippen molar-refractivity contribution in [3.63, 3.8) is 0 Å². The summed E-state index contributed by atoms with van der Waals surface area (Å²) in [6.45, 7) is 2.72. The van der Waals surface area contributed by atoms with E-state index < -0.39 is 0 Å². The van der Waals surface area contributed by atoms with Gasteiger partial charge in [0.2, 0.25) is 0 Å². The SMILES string of the molecule is CN(CC1CCCC1O)C(=O)Nc1ccccc1N1CCCCCC1. The highest BCUT2D eigenvalue weighted by Crippen LogP contribution is 2.29. The summed E-state index contributed by atoms with van der Waals surface area (Å²) in [7, 11) is 1.81. The second kappa shape index (κ2) is 8.56. The maximum Gasteiger partial charge on any atom is 0.321 e. The van der Waals surface area contributed by atoms with Crippen molar-refractivity contribution in [3.8, 4) is 0 Å². The van der Waals surface area contributed by atoms with E-state index in [2.05, 4.69) is 16.3 Å². The molecule has 5 heteroatoms. The molecule has 0 radical (unpaired) electrons. The molecule has 2 aliphatic rings. The maximum atomic E-state index is 12.6. The summed E-state index contributed by atoms with van der Waals surface area (Å²) >= 11 is 0. The predicted molar refractivity (Wildman–Crippen MR) is 102 cm³/mol. The third-order valence-corrected chi connectivity index (χ3v) is 5.57. The van der Waals surface area contributed by atoms with Gasteiger partial charge in [0.25, 0.3) is 0 Å². The summed E-state index contributed by atoms with van der Waals surface area (Å²) in [6.07, 6.45) is 7.65. The second-order valence-corrected chi connectivity index (χ2v) is 7.49. The lowest BCUT2D eigenvalue weighted by atomic mass is 10.1. The number of urea groups is 1. The number of hydrogen-bond acceptors (Lipinski definition) is 3. The second-order valence-electron chi connectivity index (χ2n) is 7.49. The average Bonchev–Trinajstić information content (AvgIpc) is 2.86. The van der Waals surface area contributed by atoms with Crippen molar-refractivity contribution in [1.29, 1.82) is 0 Å². The van der Waals surface area contributed by atoms with Crippen LogP contribution in [0.25, 0.3) is 0 Å². The number of para-hydroxylation sites is 2. The van der Waals surface area contributed by atoms with E-state index in [1.807, 2.05) is 25.2 Å². The molecule has 2 unspecified atom stereocenters. The van der Waals surface area contributed by atoms with E-state index in [-0.39, 0.29) is 18.1 Å². The van der Waals surface area contributed by atoms with Gasteiger partial charge in [-0.1, -0.05) is 31.4 Å². The standard InChI is InChI=1S/C20H31N3O2/c1-22(15-16-9-8-12-19(16)24)20(25)21-17-10-4-5-11-18(17)23-13-6-2-3-7-14-23/h4-5,10-11,16,19,24H,2-3,6-9,12-15H2,1H3,(H,21,25). The molecule has 2 amide bonds. The van der Waals surface area contributed by atoms with Crippen LogP contribution in [0.5, 0.6) is 0 Å². The largest absolute Gasteiger partial charge is 0.393 e. The Morgan fingerprint density at radius 3 is 2.56 bits per heavy atom. The van der Waals surface area contributed by atoms with Crippen LogP contribution in [-0.4, -0.2) is 48.8 Å². The fourth-order valence-electron chi connectivity index (χ4n) is 4.04. The molecule has 2 fully saturated rings. The highest BCUT2D eigenvalue weighted by Gasteiger charge is 2.27. The Bertz CT molecular complexity index is 570. The first-order valence-corrected chi connectivity index (χ1v) is 9.69. The topological polar surface area (TPSA) is 55.8 Å². The fraction of sp³-hybridized carbons (Fsp3) is 0.650. The molecule has 1 aromatic rings. The van der Waals surface area contributed by atoms with Gasteiger partial charge in [0, 0.05) is 32.6 Å². The van der Waals surface area contributed by atoms with Crippen LogP contribution in [0.4, 0.5) is 16.2 Å². The molecular weight excluding hydrogens is 314 g/mol. The van der Waals surface area contributed by atoms with Gasteiger partial charge in [-0.15, -0.1) is 0 Å². The van der Waals surface area contributed by atoms with Gasteiger partial charge in [-0.25, -0.2) is 4.79 Å². The number of aliphatic hydroxyl groups is 1. The molecule has 5 nitrogen and oxygen atoms in total. The minimum absolute atomic E-state index is 0.0960. The van der Waals surface area contributed by atoms with Crippen LogP contribution in [0.1, 0.15) is 44.9 Å². The summed E-state index contributed by atoms with van der Waals surface area (Å²) in [5.41, 5.74) is 2.00. The molecule has 138 valence electrons. The zero-order valence-corrected chi connectivity index (χ0v) is 15.3. The van der Waals surface area contributed by atoms with E-state index in [0.29, 0.717) is 6.54 Å². The Labute approximate surface area is 151 Å². The molecule has 0 aromatic heterocycles. The number of nitrogens with zero attached hydrogens (tertiary/aromatic N) is 2. The first kappa shape index (κ1) is 18.1. The van der Waals surface area contributed by atoms with Gasteiger partial charge in [0.1, 0.15) is 0 Å². The number of anilines is 2. The van der Waals surface area contributed by atoms with Crippen LogP contribution < -0.4 is 10.2 Å². The van der Waals surface area contributed by atoms with Gasteiger partial charge < -0.3 is 20.2 Å². The summed E-state index contributed by atoms with van der Waals surface area (Å²) in [4.78, 5) is 16.7. The summed E-state index contributed by atoms with van der Waals surface area (Å²) < 4.78 is 0. The Morgan fingerprint density at radius 1 is 1.16 bits per heavy atom. The smallest absolute Gasteiger partial charge is 0.321 e. The highest BCUT2D eigenvalue weighted by atomic mass is 16.3. The van der Waals surface area contributed by atoms with Crippen LogP contribution in [0.3, 0.4) is 0 Å². The van der Waals surface area contributed by atoms with E-state index >= 15 is 0 Å². The van der Waals surface area contributed by atoms with Gasteiger partial charge in [0.05, 0.1) is 17.5 Å². The van der Waals surface area contributed by atoms with Crippen LogP contribution in [-0.2, 0) is 0 Å². The van der Waals surface area contributed by atoms with Crippen molar-refractivity contribution < 1.29 is 9.90 Å². The molecule has 25 heavy (non-hydrogen) atoms. The molecule has 1 aromatic carbocycles. The first-order chi connectivity index (χ1) is 12.1. The minimum Gasteiger partial charge on any atom is -0.393 e. The summed E-state index contributed by atoms with van der Waals surface area (Å²) in [6, 6.07) is 7.99. The zero-order chi connectivity index (χ0) is 17.6. The van der Waals surface area contributed by atoms with Crippen LogP contribution in [0, 0.1) is 5.92 Å². The van der Waals surface area contributed by atoms with Crippen molar-refractivity contribution in [2.75, 3.05) is 36.9 Å². The minimum atomic E-state index is -0.264. The van der Waals surface area contributed by atoms with Crippen molar-refractivity contribution in [1.82, 2.24) is 4.90 Å². The zero-order valence-electron chi connectivity index (χ0n) is 15.3. The molecule has 3 rings (SSSR count). The quantitative estimate of drug-likeness (QED) is 0.875. The van der Waals surface area contributed by atoms with Gasteiger partial charge in [-0.2, -0.15) is 0 Å². The van der Waals surface area contributed by atoms with Gasteiger partial charge >= 0.3 is 6.03 Å². The number of hydrogen-bond donors (Lipinski definition) is 2. The Balaban J connectivity index is 1.64. The van der Waals surface area contributed by atoms with Crippen LogP contribution in [0.2, 0.25) is 0 Å².